The van der Waals surface area contributed by atoms with E-state index >= 15 is 0 Å². The number of benzene rings is 1. The first kappa shape index (κ1) is 18.9. The molecule has 0 saturated carbocycles. The minimum Gasteiger partial charge on any atom is -0.368 e. The highest BCUT2D eigenvalue weighted by atomic mass is 16.6. The van der Waals surface area contributed by atoms with Crippen LogP contribution in [0.25, 0.3) is 0 Å². The Morgan fingerprint density at radius 3 is 2.83 bits per heavy atom. The molecule has 1 saturated heterocycles. The predicted molar refractivity (Wildman–Crippen MR) is 108 cm³/mol. The molecule has 2 aliphatic heterocycles. The Balaban J connectivity index is 1.92. The molecule has 2 N–H and O–H groups in total. The quantitative estimate of drug-likeness (QED) is 0.610. The van der Waals surface area contributed by atoms with Crippen LogP contribution in [0.15, 0.2) is 18.2 Å². The van der Waals surface area contributed by atoms with Gasteiger partial charge in [-0.25, -0.2) is 0 Å². The van der Waals surface area contributed by atoms with Crippen LogP contribution >= 0.6 is 0 Å². The fraction of sp³-hybridized carbons (Fsp3) is 0.474. The molecule has 2 atom stereocenters. The minimum atomic E-state index is -1.07. The van der Waals surface area contributed by atoms with E-state index < -0.39 is 10.3 Å². The van der Waals surface area contributed by atoms with Crippen LogP contribution in [-0.4, -0.2) is 46.6 Å². The fourth-order valence-corrected chi connectivity index (χ4v) is 4.43. The van der Waals surface area contributed by atoms with E-state index in [2.05, 4.69) is 25.9 Å². The maximum Gasteiger partial charge on any atom is 0.269 e. The third-order valence-electron chi connectivity index (χ3n) is 5.76. The number of hydrogen-bond acceptors (Lipinski definition) is 9. The highest BCUT2D eigenvalue weighted by molar-refractivity contribution is 5.64. The number of anilines is 3. The molecule has 3 heterocycles. The highest BCUT2D eigenvalue weighted by Crippen LogP contribution is 2.46. The van der Waals surface area contributed by atoms with Crippen LogP contribution in [0.1, 0.15) is 30.7 Å². The molecule has 2 aromatic rings. The first-order valence-electron chi connectivity index (χ1n) is 9.50. The number of fused-ring (bicyclic) bond motifs is 3. The van der Waals surface area contributed by atoms with E-state index in [1.165, 1.54) is 6.07 Å². The van der Waals surface area contributed by atoms with Gasteiger partial charge in [0.15, 0.2) is 5.82 Å². The summed E-state index contributed by atoms with van der Waals surface area (Å²) in [5.74, 6) is 0.764. The van der Waals surface area contributed by atoms with Crippen LogP contribution in [0.2, 0.25) is 0 Å². The van der Waals surface area contributed by atoms with Crippen LogP contribution in [0.4, 0.5) is 23.3 Å². The maximum atomic E-state index is 11.3. The second-order valence-electron chi connectivity index (χ2n) is 7.75. The Labute approximate surface area is 168 Å². The largest absolute Gasteiger partial charge is 0.368 e. The number of piperidine rings is 1. The van der Waals surface area contributed by atoms with Crippen LogP contribution in [-0.2, 0) is 11.8 Å². The van der Waals surface area contributed by atoms with Crippen molar-refractivity contribution in [2.24, 2.45) is 0 Å². The monoisotopic (exact) mass is 394 g/mol. The van der Waals surface area contributed by atoms with Crippen molar-refractivity contribution < 1.29 is 4.92 Å². The van der Waals surface area contributed by atoms with E-state index in [1.807, 2.05) is 0 Å². The number of non-ortho nitro benzene ring substituents is 1. The van der Waals surface area contributed by atoms with Crippen LogP contribution in [0, 0.1) is 21.4 Å². The summed E-state index contributed by atoms with van der Waals surface area (Å²) in [5.41, 5.74) is 6.59. The van der Waals surface area contributed by atoms with E-state index in [9.17, 15) is 15.4 Å². The summed E-state index contributed by atoms with van der Waals surface area (Å²) < 4.78 is 0. The third-order valence-corrected chi connectivity index (χ3v) is 5.76. The van der Waals surface area contributed by atoms with Crippen molar-refractivity contribution >= 4 is 23.3 Å². The zero-order valence-corrected chi connectivity index (χ0v) is 16.4. The topological polar surface area (TPSA) is 138 Å². The maximum absolute atomic E-state index is 11.3. The van der Waals surface area contributed by atoms with E-state index in [1.54, 1.807) is 31.1 Å². The first-order chi connectivity index (χ1) is 13.9. The molecule has 1 aromatic heterocycles. The van der Waals surface area contributed by atoms with E-state index in [0.717, 1.165) is 37.1 Å². The second kappa shape index (κ2) is 6.84. The molecule has 0 amide bonds. The molecule has 0 unspecified atom stereocenters. The summed E-state index contributed by atoms with van der Waals surface area (Å²) in [6.07, 6.45) is 3.09. The van der Waals surface area contributed by atoms with Gasteiger partial charge in [0.25, 0.3) is 5.69 Å². The molecule has 1 aromatic carbocycles. The van der Waals surface area contributed by atoms with Crippen LogP contribution in [0.5, 0.6) is 0 Å². The molecule has 0 aliphatic carbocycles. The van der Waals surface area contributed by atoms with Gasteiger partial charge in [-0.05, 0) is 30.9 Å². The van der Waals surface area contributed by atoms with Crippen LogP contribution < -0.4 is 15.5 Å². The summed E-state index contributed by atoms with van der Waals surface area (Å²) >= 11 is 0. The van der Waals surface area contributed by atoms with E-state index in [0.29, 0.717) is 11.8 Å². The zero-order chi connectivity index (χ0) is 20.8. The van der Waals surface area contributed by atoms with Gasteiger partial charge >= 0.3 is 0 Å². The molecule has 10 heteroatoms. The average molecular weight is 394 g/mol. The Morgan fingerprint density at radius 1 is 1.34 bits per heavy atom. The first-order valence-corrected chi connectivity index (χ1v) is 9.50. The van der Waals surface area contributed by atoms with Gasteiger partial charge in [-0.2, -0.15) is 20.2 Å². The molecule has 4 rings (SSSR count). The molecular formula is C19H22N8O2. The van der Waals surface area contributed by atoms with Gasteiger partial charge in [-0.3, -0.25) is 10.1 Å². The SMILES string of the molecule is CN(C)c1nc(N)nc([C@@]2(C#N)Cc3cc([N+](=O)[O-])ccc3N3CCCC[C@H]32)n1. The number of aromatic nitrogens is 3. The van der Waals surface area contributed by atoms with Gasteiger partial charge in [0.1, 0.15) is 5.41 Å². The molecule has 0 radical (unpaired) electrons. The lowest BCUT2D eigenvalue weighted by molar-refractivity contribution is -0.384. The Bertz CT molecular complexity index is 1020. The molecule has 29 heavy (non-hydrogen) atoms. The molecule has 0 bridgehead atoms. The van der Waals surface area contributed by atoms with Crippen molar-refractivity contribution in [3.05, 3.63) is 39.7 Å². The predicted octanol–water partition coefficient (Wildman–Crippen LogP) is 1.80. The van der Waals surface area contributed by atoms with Crippen molar-refractivity contribution in [2.45, 2.75) is 37.1 Å². The lowest BCUT2D eigenvalue weighted by atomic mass is 9.68. The number of nitrogens with two attached hydrogens (primary N) is 1. The zero-order valence-electron chi connectivity index (χ0n) is 16.4. The van der Waals surface area contributed by atoms with Crippen molar-refractivity contribution in [2.75, 3.05) is 36.2 Å². The van der Waals surface area contributed by atoms with Gasteiger partial charge in [0.05, 0.1) is 17.0 Å². The molecule has 0 spiro atoms. The van der Waals surface area contributed by atoms with Gasteiger partial charge in [-0.15, -0.1) is 0 Å². The molecule has 150 valence electrons. The highest BCUT2D eigenvalue weighted by Gasteiger charge is 2.51. The van der Waals surface area contributed by atoms with Gasteiger partial charge in [0, 0.05) is 44.9 Å². The fourth-order valence-electron chi connectivity index (χ4n) is 4.43. The Morgan fingerprint density at radius 2 is 2.14 bits per heavy atom. The number of nitro groups is 1. The van der Waals surface area contributed by atoms with Crippen molar-refractivity contribution in [1.29, 1.82) is 5.26 Å². The normalized spacial score (nSPS) is 22.9. The van der Waals surface area contributed by atoms with E-state index in [-0.39, 0.29) is 24.1 Å². The summed E-state index contributed by atoms with van der Waals surface area (Å²) in [7, 11) is 3.59. The number of nitriles is 1. The summed E-state index contributed by atoms with van der Waals surface area (Å²) in [6.45, 7) is 0.778. The number of nitrogens with zero attached hydrogens (tertiary/aromatic N) is 7. The van der Waals surface area contributed by atoms with Crippen molar-refractivity contribution in [3.63, 3.8) is 0 Å². The number of rotatable bonds is 3. The molecule has 10 nitrogen and oxygen atoms in total. The Hall–Kier alpha value is -3.48. The Kier molecular flexibility index (Phi) is 4.45. The van der Waals surface area contributed by atoms with Gasteiger partial charge in [0.2, 0.25) is 11.9 Å². The van der Waals surface area contributed by atoms with Crippen molar-refractivity contribution in [1.82, 2.24) is 15.0 Å². The minimum absolute atomic E-state index is 0.00944. The smallest absolute Gasteiger partial charge is 0.269 e. The summed E-state index contributed by atoms with van der Waals surface area (Å²) in [4.78, 5) is 27.9. The summed E-state index contributed by atoms with van der Waals surface area (Å²) in [5, 5.41) is 21.7. The number of nitro benzene ring substituents is 1. The molecule has 1 fully saturated rings. The number of hydrogen-bond donors (Lipinski definition) is 1. The van der Waals surface area contributed by atoms with Crippen molar-refractivity contribution in [3.8, 4) is 6.07 Å². The van der Waals surface area contributed by atoms with Gasteiger partial charge in [-0.1, -0.05) is 0 Å². The standard InChI is InChI=1S/C19H22N8O2/c1-25(2)18-23-16(22-17(21)24-18)19(11-20)10-12-9-13(27(28)29)6-7-14(12)26-8-4-3-5-15(19)26/h6-7,9,15H,3-5,8,10H2,1-2H3,(H2,21,22,23,24)/t15-,19+/m0/s1. The lowest BCUT2D eigenvalue weighted by Gasteiger charge is -2.49. The average Bonchev–Trinajstić information content (AvgIpc) is 2.72. The third kappa shape index (κ3) is 2.99. The summed E-state index contributed by atoms with van der Waals surface area (Å²) in [6, 6.07) is 7.22. The van der Waals surface area contributed by atoms with Crippen LogP contribution in [0.3, 0.4) is 0 Å². The van der Waals surface area contributed by atoms with E-state index in [4.69, 9.17) is 5.73 Å². The van der Waals surface area contributed by atoms with Gasteiger partial charge < -0.3 is 15.5 Å². The number of nitrogen functional groups attached to an aromatic ring is 1. The second-order valence-corrected chi connectivity index (χ2v) is 7.75. The molecule has 2 aliphatic rings. The lowest BCUT2D eigenvalue weighted by Crippen LogP contribution is -2.57. The molecular weight excluding hydrogens is 372 g/mol.